The van der Waals surface area contributed by atoms with Crippen molar-refractivity contribution in [1.29, 1.82) is 0 Å². The lowest BCUT2D eigenvalue weighted by Gasteiger charge is -2.41. The van der Waals surface area contributed by atoms with Crippen molar-refractivity contribution in [2.24, 2.45) is 23.2 Å². The van der Waals surface area contributed by atoms with Crippen LogP contribution in [0.2, 0.25) is 0 Å². The SMILES string of the molecule is C=CCNC(=O)C(=O)C(CC1CCC1)NC(=O)[C@@H]1[C@@H](C)CCN1C(=O)[C@@H](NC(=O)[C@@H](NC(=O)c1cnccn1)C1(C)CCCCC1)C1Cc2ccccc2C1. The zero-order valence-electron chi connectivity index (χ0n) is 32.1. The first kappa shape index (κ1) is 39.7. The molecule has 4 N–H and O–H groups in total. The first-order chi connectivity index (χ1) is 26.5. The molecular formula is C42H55N7O6. The number of carbonyl (C=O) groups excluding carboxylic acids is 6. The Hall–Kier alpha value is -4.94. The topological polar surface area (TPSA) is 180 Å². The fraction of sp³-hybridized carbons (Fsp3) is 0.571. The largest absolute Gasteiger partial charge is 0.346 e. The van der Waals surface area contributed by atoms with Gasteiger partial charge >= 0.3 is 0 Å². The van der Waals surface area contributed by atoms with Gasteiger partial charge in [0.05, 0.1) is 12.2 Å². The second-order valence-corrected chi connectivity index (χ2v) is 16.3. The number of hydrogen-bond donors (Lipinski definition) is 4. The van der Waals surface area contributed by atoms with Crippen molar-refractivity contribution >= 4 is 35.3 Å². The van der Waals surface area contributed by atoms with Crippen LogP contribution in [0.1, 0.15) is 99.7 Å². The molecule has 5 amide bonds. The Morgan fingerprint density at radius 1 is 0.945 bits per heavy atom. The van der Waals surface area contributed by atoms with Gasteiger partial charge in [0, 0.05) is 25.5 Å². The van der Waals surface area contributed by atoms with Crippen LogP contribution in [0, 0.1) is 23.2 Å². The van der Waals surface area contributed by atoms with Crippen LogP contribution in [0.25, 0.3) is 0 Å². The Bertz CT molecular complexity index is 1730. The number of likely N-dealkylation sites (tertiary alicyclic amines) is 1. The number of carbonyl (C=O) groups is 6. The Kier molecular flexibility index (Phi) is 12.8. The molecule has 3 aliphatic carbocycles. The minimum absolute atomic E-state index is 0.0887. The molecule has 1 aromatic heterocycles. The zero-order chi connectivity index (χ0) is 39.1. The van der Waals surface area contributed by atoms with Gasteiger partial charge in [-0.2, -0.15) is 0 Å². The van der Waals surface area contributed by atoms with Gasteiger partial charge < -0.3 is 26.2 Å². The molecule has 1 aliphatic heterocycles. The van der Waals surface area contributed by atoms with E-state index in [0.717, 1.165) is 62.5 Å². The number of benzene rings is 1. The summed E-state index contributed by atoms with van der Waals surface area (Å²) in [7, 11) is 0. The number of fused-ring (bicyclic) bond motifs is 1. The number of hydrogen-bond acceptors (Lipinski definition) is 8. The summed E-state index contributed by atoms with van der Waals surface area (Å²) in [5.74, 6) is -3.67. The summed E-state index contributed by atoms with van der Waals surface area (Å²) < 4.78 is 0. The molecule has 2 saturated carbocycles. The van der Waals surface area contributed by atoms with Crippen molar-refractivity contribution in [2.75, 3.05) is 13.1 Å². The van der Waals surface area contributed by atoms with Crippen molar-refractivity contribution in [3.05, 3.63) is 72.3 Å². The van der Waals surface area contributed by atoms with Gasteiger partial charge in [0.15, 0.2) is 0 Å². The van der Waals surface area contributed by atoms with E-state index in [9.17, 15) is 28.8 Å². The molecule has 55 heavy (non-hydrogen) atoms. The Morgan fingerprint density at radius 3 is 2.27 bits per heavy atom. The van der Waals surface area contributed by atoms with E-state index in [1.54, 1.807) is 4.90 Å². The maximum atomic E-state index is 15.0. The van der Waals surface area contributed by atoms with Gasteiger partial charge in [0.1, 0.15) is 23.8 Å². The van der Waals surface area contributed by atoms with E-state index >= 15 is 0 Å². The van der Waals surface area contributed by atoms with Crippen LogP contribution in [0.5, 0.6) is 0 Å². The molecule has 13 nitrogen and oxygen atoms in total. The minimum Gasteiger partial charge on any atom is -0.346 e. The fourth-order valence-corrected chi connectivity index (χ4v) is 9.01. The molecule has 0 bridgehead atoms. The summed E-state index contributed by atoms with van der Waals surface area (Å²) in [6.07, 6.45) is 14.9. The molecule has 1 aromatic carbocycles. The second kappa shape index (κ2) is 17.7. The van der Waals surface area contributed by atoms with Crippen LogP contribution in [0.15, 0.2) is 55.5 Å². The molecule has 294 valence electrons. The van der Waals surface area contributed by atoms with Crippen LogP contribution in [0.4, 0.5) is 0 Å². The minimum atomic E-state index is -1.03. The van der Waals surface area contributed by atoms with Crippen molar-refractivity contribution in [3.63, 3.8) is 0 Å². The lowest BCUT2D eigenvalue weighted by molar-refractivity contribution is -0.145. The number of ketones is 1. The standard InChI is InChI=1S/C42H55N7O6/c1-4-18-45-39(53)35(50)31(22-27-11-10-12-27)46-38(52)34-26(2)15-21-49(34)41(55)33(30-23-28-13-6-7-14-29(28)24-30)47-40(54)36(42(3)16-8-5-9-17-42)48-37(51)32-25-43-19-20-44-32/h4,6-7,13-14,19-20,25-27,30-31,33-34,36H,1,5,8-12,15-18,21-24H2,2-3H3,(H,45,53)(H,46,52)(H,47,54)(H,48,51)/t26-,31?,33-,34-,36+/m0/s1. The highest BCUT2D eigenvalue weighted by atomic mass is 16.2. The summed E-state index contributed by atoms with van der Waals surface area (Å²) >= 11 is 0. The van der Waals surface area contributed by atoms with E-state index in [-0.39, 0.29) is 42.4 Å². The maximum absolute atomic E-state index is 15.0. The Labute approximate surface area is 323 Å². The van der Waals surface area contributed by atoms with E-state index in [4.69, 9.17) is 0 Å². The molecule has 0 spiro atoms. The summed E-state index contributed by atoms with van der Waals surface area (Å²) in [4.78, 5) is 93.1. The van der Waals surface area contributed by atoms with Gasteiger partial charge in [-0.05, 0) is 72.8 Å². The highest BCUT2D eigenvalue weighted by molar-refractivity contribution is 6.38. The number of aromatic nitrogens is 2. The number of nitrogens with zero attached hydrogens (tertiary/aromatic N) is 3. The van der Waals surface area contributed by atoms with Gasteiger partial charge in [-0.25, -0.2) is 4.98 Å². The smallest absolute Gasteiger partial charge is 0.289 e. The lowest BCUT2D eigenvalue weighted by atomic mass is 9.70. The first-order valence-electron chi connectivity index (χ1n) is 20.0. The fourth-order valence-electron chi connectivity index (χ4n) is 9.01. The molecule has 1 unspecified atom stereocenters. The summed E-state index contributed by atoms with van der Waals surface area (Å²) in [6.45, 7) is 7.92. The molecule has 6 rings (SSSR count). The third-order valence-corrected chi connectivity index (χ3v) is 12.5. The number of Topliss-reactive ketones (excluding diaryl/α,β-unsaturated/α-hetero) is 1. The van der Waals surface area contributed by atoms with Crippen molar-refractivity contribution in [2.45, 2.75) is 115 Å². The van der Waals surface area contributed by atoms with Crippen molar-refractivity contribution < 1.29 is 28.8 Å². The monoisotopic (exact) mass is 753 g/mol. The van der Waals surface area contributed by atoms with E-state index in [1.807, 2.05) is 38.1 Å². The van der Waals surface area contributed by atoms with E-state index in [1.165, 1.54) is 24.7 Å². The Morgan fingerprint density at radius 2 is 1.65 bits per heavy atom. The third-order valence-electron chi connectivity index (χ3n) is 12.5. The van der Waals surface area contributed by atoms with E-state index < -0.39 is 59.0 Å². The average molecular weight is 754 g/mol. The number of nitrogens with one attached hydrogen (secondary N) is 4. The molecule has 1 saturated heterocycles. The summed E-state index contributed by atoms with van der Waals surface area (Å²) in [6, 6.07) is 4.09. The highest BCUT2D eigenvalue weighted by Gasteiger charge is 2.48. The normalized spacial score (nSPS) is 22.3. The molecule has 3 fully saturated rings. The lowest BCUT2D eigenvalue weighted by Crippen LogP contribution is -2.62. The molecule has 13 heteroatoms. The molecule has 2 heterocycles. The summed E-state index contributed by atoms with van der Waals surface area (Å²) in [5, 5.41) is 11.5. The van der Waals surface area contributed by atoms with Crippen molar-refractivity contribution in [3.8, 4) is 0 Å². The van der Waals surface area contributed by atoms with Gasteiger partial charge in [-0.3, -0.25) is 33.8 Å². The van der Waals surface area contributed by atoms with Crippen LogP contribution in [0.3, 0.4) is 0 Å². The molecule has 0 radical (unpaired) electrons. The molecular weight excluding hydrogens is 699 g/mol. The number of amides is 5. The zero-order valence-corrected chi connectivity index (χ0v) is 32.1. The van der Waals surface area contributed by atoms with Crippen molar-refractivity contribution in [1.82, 2.24) is 36.1 Å². The Balaban J connectivity index is 1.27. The quantitative estimate of drug-likeness (QED) is 0.158. The van der Waals surface area contributed by atoms with Crippen LogP contribution in [-0.4, -0.2) is 87.4 Å². The molecule has 4 aliphatic rings. The maximum Gasteiger partial charge on any atom is 0.289 e. The first-order valence-corrected chi connectivity index (χ1v) is 20.0. The number of rotatable bonds is 15. The predicted octanol–water partition coefficient (Wildman–Crippen LogP) is 3.23. The van der Waals surface area contributed by atoms with E-state index in [0.29, 0.717) is 25.7 Å². The van der Waals surface area contributed by atoms with Crippen LogP contribution < -0.4 is 21.3 Å². The predicted molar refractivity (Wildman–Crippen MR) is 205 cm³/mol. The average Bonchev–Trinajstić information content (AvgIpc) is 3.79. The molecule has 2 aromatic rings. The summed E-state index contributed by atoms with van der Waals surface area (Å²) in [5.41, 5.74) is 1.72. The molecule has 5 atom stereocenters. The highest BCUT2D eigenvalue weighted by Crippen LogP contribution is 2.40. The van der Waals surface area contributed by atoms with E-state index in [2.05, 4.69) is 37.8 Å². The van der Waals surface area contributed by atoms with Gasteiger partial charge in [-0.1, -0.05) is 82.7 Å². The van der Waals surface area contributed by atoms with Crippen LogP contribution in [-0.2, 0) is 36.8 Å². The second-order valence-electron chi connectivity index (χ2n) is 16.3. The van der Waals surface area contributed by atoms with Gasteiger partial charge in [0.25, 0.3) is 11.8 Å². The van der Waals surface area contributed by atoms with Gasteiger partial charge in [-0.15, -0.1) is 6.58 Å². The van der Waals surface area contributed by atoms with Crippen LogP contribution >= 0.6 is 0 Å². The third kappa shape index (κ3) is 9.13. The van der Waals surface area contributed by atoms with Gasteiger partial charge in [0.2, 0.25) is 23.5 Å².